The number of aliphatic hydroxyl groups is 2. The van der Waals surface area contributed by atoms with Crippen molar-refractivity contribution in [1.82, 2.24) is 0 Å². The van der Waals surface area contributed by atoms with Crippen molar-refractivity contribution in [3.63, 3.8) is 0 Å². The van der Waals surface area contributed by atoms with Gasteiger partial charge in [-0.3, -0.25) is 0 Å². The van der Waals surface area contributed by atoms with Gasteiger partial charge in [-0.25, -0.2) is 0 Å². The molecule has 0 aromatic heterocycles. The van der Waals surface area contributed by atoms with E-state index in [1.807, 2.05) is 36.4 Å². The highest BCUT2D eigenvalue weighted by Crippen LogP contribution is 1.97. The summed E-state index contributed by atoms with van der Waals surface area (Å²) >= 11 is 0. The van der Waals surface area contributed by atoms with Crippen LogP contribution in [0, 0.1) is 0 Å². The Balaban J connectivity index is 0. The van der Waals surface area contributed by atoms with Crippen molar-refractivity contribution in [1.29, 1.82) is 0 Å². The Kier molecular flexibility index (Phi) is 15.3. The lowest BCUT2D eigenvalue weighted by molar-refractivity contribution is 0.186. The summed E-state index contributed by atoms with van der Waals surface area (Å²) in [6, 6.07) is 10.0. The van der Waals surface area contributed by atoms with Crippen LogP contribution in [0.1, 0.15) is 5.56 Å². The van der Waals surface area contributed by atoms with Gasteiger partial charge in [-0.05, 0) is 5.56 Å². The number of hydrogen-bond donors (Lipinski definition) is 2. The van der Waals surface area contributed by atoms with E-state index in [0.29, 0.717) is 0 Å². The molecule has 0 saturated carbocycles. The molecular weight excluding hydrogens is 176 g/mol. The first-order chi connectivity index (χ1) is 6.85. The molecule has 0 radical (unpaired) electrons. The molecule has 2 nitrogen and oxygen atoms in total. The van der Waals surface area contributed by atoms with Gasteiger partial charge in [-0.1, -0.05) is 43.0 Å². The van der Waals surface area contributed by atoms with Crippen molar-refractivity contribution in [2.45, 2.75) is 0 Å². The van der Waals surface area contributed by atoms with Gasteiger partial charge in [0.15, 0.2) is 0 Å². The molecule has 0 heterocycles. The minimum absolute atomic E-state index is 0.125. The van der Waals surface area contributed by atoms with E-state index in [1.165, 1.54) is 5.56 Å². The first-order valence-corrected chi connectivity index (χ1v) is 4.24. The maximum Gasteiger partial charge on any atom is 0.0662 e. The largest absolute Gasteiger partial charge is 0.394 e. The molecule has 1 aromatic rings. The molecule has 2 N–H and O–H groups in total. The first kappa shape index (κ1) is 15.1. The Morgan fingerprint density at radius 3 is 1.64 bits per heavy atom. The van der Waals surface area contributed by atoms with Crippen LogP contribution in [-0.4, -0.2) is 23.4 Å². The average molecular weight is 194 g/mol. The molecule has 2 heteroatoms. The lowest BCUT2D eigenvalue weighted by Gasteiger charge is -1.85. The van der Waals surface area contributed by atoms with Crippen LogP contribution >= 0.6 is 0 Å². The van der Waals surface area contributed by atoms with Crippen molar-refractivity contribution >= 4 is 6.08 Å². The van der Waals surface area contributed by atoms with E-state index in [4.69, 9.17) is 10.2 Å². The molecule has 0 aliphatic carbocycles. The van der Waals surface area contributed by atoms with Gasteiger partial charge in [-0.15, -0.1) is 13.2 Å². The molecule has 0 aliphatic rings. The van der Waals surface area contributed by atoms with Crippen LogP contribution in [0.5, 0.6) is 0 Å². The monoisotopic (exact) mass is 194 g/mol. The fourth-order valence-electron chi connectivity index (χ4n) is 0.589. The molecule has 0 bridgehead atoms. The van der Waals surface area contributed by atoms with Crippen molar-refractivity contribution in [2.24, 2.45) is 0 Å². The molecule has 0 atom stereocenters. The Morgan fingerprint density at radius 1 is 1.00 bits per heavy atom. The van der Waals surface area contributed by atoms with E-state index < -0.39 is 0 Å². The predicted molar refractivity (Wildman–Crippen MR) is 62.0 cm³/mol. The number of benzene rings is 1. The zero-order valence-electron chi connectivity index (χ0n) is 8.39. The fourth-order valence-corrected chi connectivity index (χ4v) is 0.589. The molecule has 1 rings (SSSR count). The summed E-state index contributed by atoms with van der Waals surface area (Å²) in [5.74, 6) is 0. The minimum Gasteiger partial charge on any atom is -0.394 e. The Morgan fingerprint density at radius 2 is 1.43 bits per heavy atom. The third-order valence-electron chi connectivity index (χ3n) is 1.14. The van der Waals surface area contributed by atoms with Crippen LogP contribution in [0.2, 0.25) is 0 Å². The summed E-state index contributed by atoms with van der Waals surface area (Å²) in [5.41, 5.74) is 1.17. The summed E-state index contributed by atoms with van der Waals surface area (Å²) < 4.78 is 0. The SMILES string of the molecule is C=C.C=Cc1ccccc1.OCCO. The van der Waals surface area contributed by atoms with Crippen LogP contribution in [0.15, 0.2) is 50.1 Å². The summed E-state index contributed by atoms with van der Waals surface area (Å²) in [5, 5.41) is 15.2. The lowest BCUT2D eigenvalue weighted by atomic mass is 10.2. The zero-order valence-corrected chi connectivity index (χ0v) is 8.39. The smallest absolute Gasteiger partial charge is 0.0662 e. The molecule has 14 heavy (non-hydrogen) atoms. The molecule has 0 unspecified atom stereocenters. The van der Waals surface area contributed by atoms with Gasteiger partial charge in [0, 0.05) is 0 Å². The van der Waals surface area contributed by atoms with Crippen molar-refractivity contribution < 1.29 is 10.2 Å². The van der Waals surface area contributed by atoms with E-state index >= 15 is 0 Å². The standard InChI is InChI=1S/C8H8.C2H6O2.C2H4/c1-2-8-6-4-3-5-7-8;3-1-2-4;1-2/h2-7H,1H2;3-4H,1-2H2;1-2H2. The second-order valence-corrected chi connectivity index (χ2v) is 2.06. The number of aliphatic hydroxyl groups excluding tert-OH is 2. The summed E-state index contributed by atoms with van der Waals surface area (Å²) in [6.45, 7) is 9.38. The molecule has 78 valence electrons. The average Bonchev–Trinajstić information content (AvgIpc) is 2.33. The van der Waals surface area contributed by atoms with Gasteiger partial charge in [0.2, 0.25) is 0 Å². The molecule has 0 aliphatic heterocycles. The van der Waals surface area contributed by atoms with Gasteiger partial charge in [0.1, 0.15) is 0 Å². The van der Waals surface area contributed by atoms with Crippen LogP contribution in [-0.2, 0) is 0 Å². The molecule has 1 aromatic carbocycles. The number of hydrogen-bond acceptors (Lipinski definition) is 2. The summed E-state index contributed by atoms with van der Waals surface area (Å²) in [4.78, 5) is 0. The maximum atomic E-state index is 7.62. The Bertz CT molecular complexity index is 205. The second kappa shape index (κ2) is 14.2. The minimum atomic E-state index is -0.125. The van der Waals surface area contributed by atoms with E-state index in [2.05, 4.69) is 19.7 Å². The highest BCUT2D eigenvalue weighted by atomic mass is 16.3. The lowest BCUT2D eigenvalue weighted by Crippen LogP contribution is -1.85. The van der Waals surface area contributed by atoms with Gasteiger partial charge in [-0.2, -0.15) is 0 Å². The second-order valence-electron chi connectivity index (χ2n) is 2.06. The van der Waals surface area contributed by atoms with Gasteiger partial charge in [0.25, 0.3) is 0 Å². The van der Waals surface area contributed by atoms with Crippen molar-refractivity contribution in [2.75, 3.05) is 13.2 Å². The van der Waals surface area contributed by atoms with E-state index in [-0.39, 0.29) is 13.2 Å². The molecular formula is C12H18O2. The first-order valence-electron chi connectivity index (χ1n) is 4.24. The van der Waals surface area contributed by atoms with Gasteiger partial charge in [0.05, 0.1) is 13.2 Å². The third-order valence-corrected chi connectivity index (χ3v) is 1.14. The highest BCUT2D eigenvalue weighted by molar-refractivity contribution is 5.45. The van der Waals surface area contributed by atoms with Gasteiger partial charge < -0.3 is 10.2 Å². The quantitative estimate of drug-likeness (QED) is 0.708. The van der Waals surface area contributed by atoms with Crippen LogP contribution in [0.3, 0.4) is 0 Å². The van der Waals surface area contributed by atoms with Crippen LogP contribution in [0.4, 0.5) is 0 Å². The fraction of sp³-hybridized carbons (Fsp3) is 0.167. The topological polar surface area (TPSA) is 40.5 Å². The maximum absolute atomic E-state index is 7.62. The number of rotatable bonds is 2. The Labute approximate surface area is 85.8 Å². The van der Waals surface area contributed by atoms with Crippen LogP contribution < -0.4 is 0 Å². The molecule has 0 saturated heterocycles. The van der Waals surface area contributed by atoms with Crippen molar-refractivity contribution in [3.8, 4) is 0 Å². The van der Waals surface area contributed by atoms with E-state index in [9.17, 15) is 0 Å². The zero-order chi connectivity index (χ0) is 11.2. The van der Waals surface area contributed by atoms with Gasteiger partial charge >= 0.3 is 0 Å². The van der Waals surface area contributed by atoms with Crippen molar-refractivity contribution in [3.05, 3.63) is 55.6 Å². The summed E-state index contributed by atoms with van der Waals surface area (Å²) in [7, 11) is 0. The molecule has 0 amide bonds. The molecule has 0 spiro atoms. The summed E-state index contributed by atoms with van der Waals surface area (Å²) in [6.07, 6.45) is 1.83. The predicted octanol–water partition coefficient (Wildman–Crippen LogP) is 2.10. The third kappa shape index (κ3) is 10.6. The van der Waals surface area contributed by atoms with E-state index in [0.717, 1.165) is 0 Å². The molecule has 0 fully saturated rings. The van der Waals surface area contributed by atoms with Crippen LogP contribution in [0.25, 0.3) is 6.08 Å². The normalized spacial score (nSPS) is 7.29. The highest BCUT2D eigenvalue weighted by Gasteiger charge is 1.75. The Hall–Kier alpha value is -1.38. The van der Waals surface area contributed by atoms with E-state index in [1.54, 1.807) is 0 Å².